The molecule has 1 aromatic heterocycles. The van der Waals surface area contributed by atoms with Gasteiger partial charge in [0, 0.05) is 13.1 Å². The number of thiazole rings is 1. The number of hydrogen-bond donors (Lipinski definition) is 2. The van der Waals surface area contributed by atoms with Crippen molar-refractivity contribution in [2.45, 2.75) is 45.3 Å². The molecule has 2 N–H and O–H groups in total. The average molecular weight is 284 g/mol. The lowest BCUT2D eigenvalue weighted by atomic mass is 9.90. The molecule has 5 nitrogen and oxygen atoms in total. The minimum absolute atomic E-state index is 0.0861. The number of carbonyl (C=O) groups is 1. The summed E-state index contributed by atoms with van der Waals surface area (Å²) in [6.45, 7) is 6.10. The molecule has 2 heterocycles. The van der Waals surface area contributed by atoms with E-state index in [9.17, 15) is 15.0 Å². The Bertz CT molecular complexity index is 484. The predicted molar refractivity (Wildman–Crippen MR) is 73.4 cm³/mol. The first kappa shape index (κ1) is 14.4. The summed E-state index contributed by atoms with van der Waals surface area (Å²) in [4.78, 5) is 19.1. The number of aliphatic hydroxyl groups is 2. The molecule has 0 aromatic carbocycles. The summed E-state index contributed by atoms with van der Waals surface area (Å²) in [6, 6.07) is 0. The van der Waals surface area contributed by atoms with Crippen molar-refractivity contribution in [1.82, 2.24) is 9.88 Å². The highest BCUT2D eigenvalue weighted by atomic mass is 32.1. The molecule has 1 aliphatic heterocycles. The maximum Gasteiger partial charge on any atom is 0.265 e. The van der Waals surface area contributed by atoms with Gasteiger partial charge in [-0.1, -0.05) is 6.92 Å². The van der Waals surface area contributed by atoms with Crippen LogP contribution < -0.4 is 0 Å². The number of nitrogens with zero attached hydrogens (tertiary/aromatic N) is 2. The third kappa shape index (κ3) is 2.80. The number of β-amino-alcohol motifs (C(OH)–C–C–N with tert-alkyl or cyclic N) is 1. The van der Waals surface area contributed by atoms with Crippen LogP contribution in [0.3, 0.4) is 0 Å². The topological polar surface area (TPSA) is 73.7 Å². The molecule has 2 rings (SSSR count). The van der Waals surface area contributed by atoms with Gasteiger partial charge in [-0.3, -0.25) is 4.79 Å². The molecule has 0 bridgehead atoms. The minimum Gasteiger partial charge on any atom is -0.388 e. The van der Waals surface area contributed by atoms with Crippen molar-refractivity contribution in [2.24, 2.45) is 0 Å². The molecule has 1 aliphatic rings. The highest BCUT2D eigenvalue weighted by Crippen LogP contribution is 2.26. The van der Waals surface area contributed by atoms with Crippen molar-refractivity contribution in [3.05, 3.63) is 15.6 Å². The van der Waals surface area contributed by atoms with Crippen LogP contribution in [0.25, 0.3) is 0 Å². The number of amides is 1. The van der Waals surface area contributed by atoms with Gasteiger partial charge in [-0.15, -0.1) is 11.3 Å². The number of likely N-dealkylation sites (tertiary alicyclic amines) is 1. The Labute approximate surface area is 116 Å². The summed E-state index contributed by atoms with van der Waals surface area (Å²) in [5.41, 5.74) is -0.284. The van der Waals surface area contributed by atoms with Crippen LogP contribution in [-0.4, -0.2) is 50.8 Å². The first-order valence-electron chi connectivity index (χ1n) is 6.51. The van der Waals surface area contributed by atoms with Crippen LogP contribution in [0.4, 0.5) is 0 Å². The van der Waals surface area contributed by atoms with Gasteiger partial charge in [-0.05, 0) is 26.7 Å². The van der Waals surface area contributed by atoms with E-state index in [4.69, 9.17) is 0 Å². The highest BCUT2D eigenvalue weighted by molar-refractivity contribution is 7.13. The first-order chi connectivity index (χ1) is 8.85. The van der Waals surface area contributed by atoms with E-state index in [0.717, 1.165) is 17.1 Å². The SMILES string of the molecule is CCc1nc(C)sc1C(=O)N1CC[C@](C)(O)[C@@H](O)C1. The van der Waals surface area contributed by atoms with Gasteiger partial charge in [0.1, 0.15) is 4.88 Å². The molecule has 0 unspecified atom stereocenters. The van der Waals surface area contributed by atoms with E-state index in [2.05, 4.69) is 4.98 Å². The second kappa shape index (κ2) is 5.19. The fourth-order valence-corrected chi connectivity index (χ4v) is 3.21. The smallest absolute Gasteiger partial charge is 0.265 e. The second-order valence-electron chi connectivity index (χ2n) is 5.24. The fraction of sp³-hybridized carbons (Fsp3) is 0.692. The molecule has 0 radical (unpaired) electrons. The monoisotopic (exact) mass is 284 g/mol. The largest absolute Gasteiger partial charge is 0.388 e. The number of carbonyl (C=O) groups excluding carboxylic acids is 1. The maximum atomic E-state index is 12.5. The lowest BCUT2D eigenvalue weighted by Gasteiger charge is -2.39. The highest BCUT2D eigenvalue weighted by Gasteiger charge is 2.38. The summed E-state index contributed by atoms with van der Waals surface area (Å²) in [6.07, 6.45) is 0.211. The van der Waals surface area contributed by atoms with Gasteiger partial charge in [0.05, 0.1) is 22.4 Å². The lowest BCUT2D eigenvalue weighted by molar-refractivity contribution is -0.0998. The van der Waals surface area contributed by atoms with Crippen molar-refractivity contribution < 1.29 is 15.0 Å². The van der Waals surface area contributed by atoms with Crippen LogP contribution in [0.5, 0.6) is 0 Å². The number of piperidine rings is 1. The van der Waals surface area contributed by atoms with Crippen molar-refractivity contribution in [3.8, 4) is 0 Å². The lowest BCUT2D eigenvalue weighted by Crippen LogP contribution is -2.55. The molecular formula is C13H20N2O3S. The zero-order valence-corrected chi connectivity index (χ0v) is 12.3. The standard InChI is InChI=1S/C13H20N2O3S/c1-4-9-11(19-8(2)14-9)12(17)15-6-5-13(3,18)10(16)7-15/h10,16,18H,4-7H2,1-3H3/t10-,13-/m0/s1. The van der Waals surface area contributed by atoms with E-state index >= 15 is 0 Å². The fourth-order valence-electron chi connectivity index (χ4n) is 2.23. The Kier molecular flexibility index (Phi) is 3.94. The van der Waals surface area contributed by atoms with Gasteiger partial charge in [0.15, 0.2) is 0 Å². The van der Waals surface area contributed by atoms with Crippen molar-refractivity contribution >= 4 is 17.2 Å². The normalized spacial score (nSPS) is 27.6. The number of hydrogen-bond acceptors (Lipinski definition) is 5. The van der Waals surface area contributed by atoms with E-state index in [1.54, 1.807) is 11.8 Å². The molecule has 106 valence electrons. The molecule has 1 amide bonds. The Balaban J connectivity index is 2.17. The quantitative estimate of drug-likeness (QED) is 0.849. The molecule has 1 aromatic rings. The van der Waals surface area contributed by atoms with E-state index in [0.29, 0.717) is 17.8 Å². The third-order valence-electron chi connectivity index (χ3n) is 3.62. The summed E-state index contributed by atoms with van der Waals surface area (Å²) < 4.78 is 0. The first-order valence-corrected chi connectivity index (χ1v) is 7.33. The molecule has 1 fully saturated rings. The van der Waals surface area contributed by atoms with Gasteiger partial charge in [0.25, 0.3) is 5.91 Å². The Morgan fingerprint density at radius 3 is 2.89 bits per heavy atom. The molecule has 0 saturated carbocycles. The van der Waals surface area contributed by atoms with Gasteiger partial charge in [0.2, 0.25) is 0 Å². The molecule has 6 heteroatoms. The second-order valence-corrected chi connectivity index (χ2v) is 6.44. The average Bonchev–Trinajstić information content (AvgIpc) is 2.73. The summed E-state index contributed by atoms with van der Waals surface area (Å²) >= 11 is 1.40. The van der Waals surface area contributed by atoms with Crippen molar-refractivity contribution in [3.63, 3.8) is 0 Å². The predicted octanol–water partition coefficient (Wildman–Crippen LogP) is 0.972. The van der Waals surface area contributed by atoms with Crippen LogP contribution in [0.15, 0.2) is 0 Å². The van der Waals surface area contributed by atoms with Crippen LogP contribution in [0, 0.1) is 6.92 Å². The molecule has 1 saturated heterocycles. The van der Waals surface area contributed by atoms with Gasteiger partial charge < -0.3 is 15.1 Å². The van der Waals surface area contributed by atoms with E-state index < -0.39 is 11.7 Å². The number of aliphatic hydroxyl groups excluding tert-OH is 1. The minimum atomic E-state index is -1.10. The number of rotatable bonds is 2. The van der Waals surface area contributed by atoms with E-state index in [1.807, 2.05) is 13.8 Å². The summed E-state index contributed by atoms with van der Waals surface area (Å²) in [5, 5.41) is 20.7. The third-order valence-corrected chi connectivity index (χ3v) is 4.62. The molecule has 2 atom stereocenters. The zero-order valence-electron chi connectivity index (χ0n) is 11.5. The van der Waals surface area contributed by atoms with Crippen LogP contribution in [0.2, 0.25) is 0 Å². The Morgan fingerprint density at radius 1 is 1.63 bits per heavy atom. The summed E-state index contributed by atoms with van der Waals surface area (Å²) in [7, 11) is 0. The van der Waals surface area contributed by atoms with Crippen molar-refractivity contribution in [2.75, 3.05) is 13.1 Å². The Morgan fingerprint density at radius 2 is 2.32 bits per heavy atom. The van der Waals surface area contributed by atoms with Gasteiger partial charge >= 0.3 is 0 Å². The van der Waals surface area contributed by atoms with Crippen LogP contribution in [0.1, 0.15) is 40.6 Å². The number of aromatic nitrogens is 1. The molecule has 19 heavy (non-hydrogen) atoms. The Hall–Kier alpha value is -0.980. The van der Waals surface area contributed by atoms with Crippen LogP contribution in [-0.2, 0) is 6.42 Å². The van der Waals surface area contributed by atoms with E-state index in [-0.39, 0.29) is 12.5 Å². The molecular weight excluding hydrogens is 264 g/mol. The number of aryl methyl sites for hydroxylation is 2. The van der Waals surface area contributed by atoms with Gasteiger partial charge in [-0.25, -0.2) is 4.98 Å². The van der Waals surface area contributed by atoms with Crippen LogP contribution >= 0.6 is 11.3 Å². The molecule has 0 spiro atoms. The molecule has 0 aliphatic carbocycles. The zero-order chi connectivity index (χ0) is 14.2. The maximum absolute atomic E-state index is 12.5. The van der Waals surface area contributed by atoms with Gasteiger partial charge in [-0.2, -0.15) is 0 Å². The summed E-state index contributed by atoms with van der Waals surface area (Å²) in [5.74, 6) is -0.0861. The van der Waals surface area contributed by atoms with Crippen molar-refractivity contribution in [1.29, 1.82) is 0 Å². The van der Waals surface area contributed by atoms with E-state index in [1.165, 1.54) is 11.3 Å².